The van der Waals surface area contributed by atoms with E-state index >= 15 is 0 Å². The Balaban J connectivity index is 1.82. The summed E-state index contributed by atoms with van der Waals surface area (Å²) in [6.07, 6.45) is 0.0974. The molecule has 2 aromatic carbocycles. The zero-order chi connectivity index (χ0) is 13.1. The predicted molar refractivity (Wildman–Crippen MR) is 77.2 cm³/mol. The molecule has 0 bridgehead atoms. The van der Waals surface area contributed by atoms with Crippen LogP contribution in [0, 0.1) is 5.92 Å². The topological polar surface area (TPSA) is 18.5 Å². The standard InChI is InChI=1S/C16H17BO2/c1-13-12-18-17(15-10-6-3-7-11-15)19-16(13)14-8-4-2-5-9-14/h2-11,13,16H,12H2,1H3/t13-,16-/m1/s1. The summed E-state index contributed by atoms with van der Waals surface area (Å²) in [7, 11) is -0.261. The highest BCUT2D eigenvalue weighted by atomic mass is 16.6. The Labute approximate surface area is 114 Å². The average molecular weight is 252 g/mol. The minimum Gasteiger partial charge on any atom is -0.407 e. The predicted octanol–water partition coefficient (Wildman–Crippen LogP) is 2.81. The fraction of sp³-hybridized carbons (Fsp3) is 0.250. The summed E-state index contributed by atoms with van der Waals surface area (Å²) in [6, 6.07) is 20.5. The van der Waals surface area contributed by atoms with Crippen molar-refractivity contribution in [2.75, 3.05) is 6.61 Å². The van der Waals surface area contributed by atoms with E-state index in [-0.39, 0.29) is 13.2 Å². The second-order valence-electron chi connectivity index (χ2n) is 5.02. The molecule has 1 heterocycles. The molecule has 2 aromatic rings. The molecule has 0 unspecified atom stereocenters. The van der Waals surface area contributed by atoms with Gasteiger partial charge in [-0.15, -0.1) is 0 Å². The first kappa shape index (κ1) is 12.5. The lowest BCUT2D eigenvalue weighted by Gasteiger charge is -2.33. The van der Waals surface area contributed by atoms with Crippen LogP contribution in [0.15, 0.2) is 60.7 Å². The van der Waals surface area contributed by atoms with Crippen molar-refractivity contribution in [1.29, 1.82) is 0 Å². The summed E-state index contributed by atoms with van der Waals surface area (Å²) in [5.74, 6) is 0.363. The van der Waals surface area contributed by atoms with Crippen molar-refractivity contribution >= 4 is 12.6 Å². The van der Waals surface area contributed by atoms with Crippen molar-refractivity contribution in [2.24, 2.45) is 5.92 Å². The molecule has 19 heavy (non-hydrogen) atoms. The lowest BCUT2D eigenvalue weighted by atomic mass is 9.76. The molecule has 0 aliphatic carbocycles. The van der Waals surface area contributed by atoms with Gasteiger partial charge in [0.25, 0.3) is 0 Å². The van der Waals surface area contributed by atoms with Gasteiger partial charge < -0.3 is 9.31 Å². The SMILES string of the molecule is C[C@@H]1COB(c2ccccc2)O[C@H]1c1ccccc1. The van der Waals surface area contributed by atoms with Crippen LogP contribution in [0.4, 0.5) is 0 Å². The highest BCUT2D eigenvalue weighted by Gasteiger charge is 2.34. The molecule has 0 radical (unpaired) electrons. The quantitative estimate of drug-likeness (QED) is 0.765. The van der Waals surface area contributed by atoms with Gasteiger partial charge in [0.1, 0.15) is 0 Å². The summed E-state index contributed by atoms with van der Waals surface area (Å²) < 4.78 is 12.0. The van der Waals surface area contributed by atoms with E-state index < -0.39 is 0 Å². The molecular formula is C16H17BO2. The number of benzene rings is 2. The van der Waals surface area contributed by atoms with E-state index in [1.165, 1.54) is 5.56 Å². The van der Waals surface area contributed by atoms with E-state index in [1.54, 1.807) is 0 Å². The van der Waals surface area contributed by atoms with Gasteiger partial charge in [0.2, 0.25) is 0 Å². The van der Waals surface area contributed by atoms with Crippen molar-refractivity contribution in [3.8, 4) is 0 Å². The second-order valence-corrected chi connectivity index (χ2v) is 5.02. The number of hydrogen-bond acceptors (Lipinski definition) is 2. The van der Waals surface area contributed by atoms with Crippen molar-refractivity contribution in [2.45, 2.75) is 13.0 Å². The highest BCUT2D eigenvalue weighted by Crippen LogP contribution is 2.30. The first-order valence-electron chi connectivity index (χ1n) is 6.71. The molecule has 3 heteroatoms. The van der Waals surface area contributed by atoms with Gasteiger partial charge in [-0.2, -0.15) is 0 Å². The molecule has 1 aliphatic heterocycles. The summed E-state index contributed by atoms with van der Waals surface area (Å²) in [5.41, 5.74) is 2.30. The summed E-state index contributed by atoms with van der Waals surface area (Å²) in [4.78, 5) is 0. The van der Waals surface area contributed by atoms with E-state index in [4.69, 9.17) is 9.31 Å². The van der Waals surface area contributed by atoms with Crippen LogP contribution in [0.1, 0.15) is 18.6 Å². The first-order chi connectivity index (χ1) is 9.34. The molecule has 96 valence electrons. The third-order valence-corrected chi connectivity index (χ3v) is 3.50. The van der Waals surface area contributed by atoms with Gasteiger partial charge in [0, 0.05) is 12.5 Å². The molecule has 0 saturated carbocycles. The molecule has 0 N–H and O–H groups in total. The summed E-state index contributed by atoms with van der Waals surface area (Å²) in [5, 5.41) is 0. The Morgan fingerprint density at radius 2 is 1.58 bits per heavy atom. The van der Waals surface area contributed by atoms with Gasteiger partial charge in [0.15, 0.2) is 0 Å². The van der Waals surface area contributed by atoms with E-state index in [2.05, 4.69) is 31.2 Å². The molecule has 3 rings (SSSR count). The van der Waals surface area contributed by atoms with Crippen LogP contribution in [0.3, 0.4) is 0 Å². The average Bonchev–Trinajstić information content (AvgIpc) is 2.49. The van der Waals surface area contributed by atoms with E-state index in [9.17, 15) is 0 Å². The van der Waals surface area contributed by atoms with Crippen LogP contribution in [-0.4, -0.2) is 13.7 Å². The van der Waals surface area contributed by atoms with Crippen molar-refractivity contribution < 1.29 is 9.31 Å². The maximum absolute atomic E-state index is 6.15. The Hall–Kier alpha value is -1.58. The molecule has 1 aliphatic rings. The third kappa shape index (κ3) is 2.72. The fourth-order valence-electron chi connectivity index (χ4n) is 2.47. The molecule has 2 atom stereocenters. The van der Waals surface area contributed by atoms with Gasteiger partial charge in [-0.3, -0.25) is 0 Å². The van der Waals surface area contributed by atoms with Gasteiger partial charge in [0.05, 0.1) is 6.10 Å². The molecule has 0 amide bonds. The van der Waals surface area contributed by atoms with Crippen LogP contribution < -0.4 is 5.46 Å². The molecule has 0 spiro atoms. The van der Waals surface area contributed by atoms with Gasteiger partial charge in [-0.25, -0.2) is 0 Å². The zero-order valence-electron chi connectivity index (χ0n) is 11.0. The molecular weight excluding hydrogens is 235 g/mol. The minimum atomic E-state index is -0.261. The fourth-order valence-corrected chi connectivity index (χ4v) is 2.47. The molecule has 0 aromatic heterocycles. The Bertz CT molecular complexity index is 515. The highest BCUT2D eigenvalue weighted by molar-refractivity contribution is 6.61. The molecule has 1 fully saturated rings. The van der Waals surface area contributed by atoms with E-state index in [1.807, 2.05) is 36.4 Å². The number of hydrogen-bond donors (Lipinski definition) is 0. The zero-order valence-corrected chi connectivity index (χ0v) is 11.0. The molecule has 1 saturated heterocycles. The van der Waals surface area contributed by atoms with Crippen LogP contribution in [0.5, 0.6) is 0 Å². The maximum Gasteiger partial charge on any atom is 0.494 e. The normalized spacial score (nSPS) is 23.3. The lowest BCUT2D eigenvalue weighted by molar-refractivity contribution is 0.0255. The van der Waals surface area contributed by atoms with E-state index in [0.29, 0.717) is 5.92 Å². The lowest BCUT2D eigenvalue weighted by Crippen LogP contribution is -2.45. The van der Waals surface area contributed by atoms with E-state index in [0.717, 1.165) is 12.1 Å². The van der Waals surface area contributed by atoms with Crippen LogP contribution in [-0.2, 0) is 9.31 Å². The maximum atomic E-state index is 6.15. The minimum absolute atomic E-state index is 0.0974. The number of rotatable bonds is 2. The Kier molecular flexibility index (Phi) is 3.67. The molecule has 2 nitrogen and oxygen atoms in total. The Morgan fingerprint density at radius 1 is 0.947 bits per heavy atom. The summed E-state index contributed by atoms with van der Waals surface area (Å²) in [6.45, 7) is 2.89. The summed E-state index contributed by atoms with van der Waals surface area (Å²) >= 11 is 0. The van der Waals surface area contributed by atoms with Crippen LogP contribution in [0.25, 0.3) is 0 Å². The van der Waals surface area contributed by atoms with Gasteiger partial charge in [-0.1, -0.05) is 67.6 Å². The van der Waals surface area contributed by atoms with Crippen LogP contribution >= 0.6 is 0 Å². The largest absolute Gasteiger partial charge is 0.494 e. The smallest absolute Gasteiger partial charge is 0.407 e. The second kappa shape index (κ2) is 5.60. The monoisotopic (exact) mass is 252 g/mol. The third-order valence-electron chi connectivity index (χ3n) is 3.50. The van der Waals surface area contributed by atoms with Crippen molar-refractivity contribution in [3.05, 3.63) is 66.2 Å². The van der Waals surface area contributed by atoms with Gasteiger partial charge in [-0.05, 0) is 11.0 Å². The van der Waals surface area contributed by atoms with Crippen molar-refractivity contribution in [3.63, 3.8) is 0 Å². The Morgan fingerprint density at radius 3 is 2.26 bits per heavy atom. The first-order valence-corrected chi connectivity index (χ1v) is 6.71. The van der Waals surface area contributed by atoms with Crippen molar-refractivity contribution in [1.82, 2.24) is 0 Å². The van der Waals surface area contributed by atoms with Crippen LogP contribution in [0.2, 0.25) is 0 Å². The van der Waals surface area contributed by atoms with Gasteiger partial charge >= 0.3 is 7.12 Å².